The number of aromatic nitrogens is 2. The third kappa shape index (κ3) is 4.15. The van der Waals surface area contributed by atoms with Crippen molar-refractivity contribution in [2.75, 3.05) is 25.2 Å². The van der Waals surface area contributed by atoms with E-state index in [4.69, 9.17) is 4.74 Å². The Balaban J connectivity index is 2.05. The molecule has 0 saturated heterocycles. The van der Waals surface area contributed by atoms with Gasteiger partial charge in [-0.25, -0.2) is 9.97 Å². The fraction of sp³-hybridized carbons (Fsp3) is 0.733. The van der Waals surface area contributed by atoms with Crippen LogP contribution in [0, 0.1) is 6.92 Å². The first kappa shape index (κ1) is 15.2. The van der Waals surface area contributed by atoms with Crippen LogP contribution >= 0.6 is 0 Å². The van der Waals surface area contributed by atoms with E-state index >= 15 is 0 Å². The summed E-state index contributed by atoms with van der Waals surface area (Å²) in [6, 6.07) is 1.07. The van der Waals surface area contributed by atoms with Crippen molar-refractivity contribution in [3.8, 4) is 0 Å². The molecule has 112 valence electrons. The number of hydrogen-bond donors (Lipinski definition) is 1. The molecule has 1 saturated carbocycles. The van der Waals surface area contributed by atoms with E-state index in [0.29, 0.717) is 12.1 Å². The summed E-state index contributed by atoms with van der Waals surface area (Å²) in [7, 11) is 1.73. The number of aryl methyl sites for hydroxylation is 1. The molecule has 0 atom stereocenters. The van der Waals surface area contributed by atoms with E-state index in [-0.39, 0.29) is 0 Å². The van der Waals surface area contributed by atoms with Gasteiger partial charge in [-0.15, -0.1) is 0 Å². The van der Waals surface area contributed by atoms with Crippen molar-refractivity contribution in [3.63, 3.8) is 0 Å². The molecule has 1 fully saturated rings. The van der Waals surface area contributed by atoms with Crippen molar-refractivity contribution >= 4 is 5.95 Å². The molecular formula is C15H26N4O. The van der Waals surface area contributed by atoms with Gasteiger partial charge in [-0.05, 0) is 19.8 Å². The second kappa shape index (κ2) is 6.99. The topological polar surface area (TPSA) is 50.3 Å². The fourth-order valence-electron chi connectivity index (χ4n) is 2.13. The Bertz CT molecular complexity index is 432. The van der Waals surface area contributed by atoms with Crippen LogP contribution in [0.15, 0.2) is 6.20 Å². The quantitative estimate of drug-likeness (QED) is 0.787. The minimum Gasteiger partial charge on any atom is -0.383 e. The summed E-state index contributed by atoms with van der Waals surface area (Å²) in [6.45, 7) is 8.75. The van der Waals surface area contributed by atoms with Gasteiger partial charge in [0.1, 0.15) is 0 Å². The lowest BCUT2D eigenvalue weighted by molar-refractivity contribution is 0.204. The molecule has 1 aliphatic rings. The maximum atomic E-state index is 5.18. The highest BCUT2D eigenvalue weighted by atomic mass is 16.5. The Labute approximate surface area is 121 Å². The van der Waals surface area contributed by atoms with Crippen molar-refractivity contribution in [1.29, 1.82) is 0 Å². The fourth-order valence-corrected chi connectivity index (χ4v) is 2.13. The zero-order valence-corrected chi connectivity index (χ0v) is 13.0. The van der Waals surface area contributed by atoms with Crippen molar-refractivity contribution < 1.29 is 4.74 Å². The monoisotopic (exact) mass is 278 g/mol. The van der Waals surface area contributed by atoms with E-state index in [9.17, 15) is 0 Å². The number of nitrogens with one attached hydrogen (secondary N) is 1. The predicted molar refractivity (Wildman–Crippen MR) is 81.0 cm³/mol. The Morgan fingerprint density at radius 2 is 2.20 bits per heavy atom. The third-order valence-corrected chi connectivity index (χ3v) is 3.55. The molecular weight excluding hydrogens is 252 g/mol. The van der Waals surface area contributed by atoms with Crippen LogP contribution in [0.25, 0.3) is 0 Å². The Hall–Kier alpha value is -1.20. The molecule has 5 heteroatoms. The van der Waals surface area contributed by atoms with E-state index in [1.807, 2.05) is 6.20 Å². The van der Waals surface area contributed by atoms with Crippen LogP contribution in [0.1, 0.15) is 37.9 Å². The molecule has 0 amide bonds. The molecule has 1 aromatic rings. The van der Waals surface area contributed by atoms with E-state index in [1.54, 1.807) is 7.11 Å². The van der Waals surface area contributed by atoms with Gasteiger partial charge in [-0.1, -0.05) is 13.8 Å². The predicted octanol–water partition coefficient (Wildman–Crippen LogP) is 1.90. The van der Waals surface area contributed by atoms with Crippen LogP contribution in [-0.2, 0) is 11.3 Å². The summed E-state index contributed by atoms with van der Waals surface area (Å²) >= 11 is 0. The Morgan fingerprint density at radius 1 is 1.45 bits per heavy atom. The molecule has 0 aliphatic heterocycles. The summed E-state index contributed by atoms with van der Waals surface area (Å²) in [5.74, 6) is 0.843. The van der Waals surface area contributed by atoms with Crippen molar-refractivity contribution in [3.05, 3.63) is 17.5 Å². The molecule has 5 nitrogen and oxygen atoms in total. The van der Waals surface area contributed by atoms with Gasteiger partial charge >= 0.3 is 0 Å². The van der Waals surface area contributed by atoms with Crippen LogP contribution < -0.4 is 10.2 Å². The first-order valence-corrected chi connectivity index (χ1v) is 7.43. The van der Waals surface area contributed by atoms with Crippen LogP contribution in [-0.4, -0.2) is 42.3 Å². The molecule has 1 aromatic heterocycles. The number of ether oxygens (including phenoxy) is 1. The van der Waals surface area contributed by atoms with E-state index in [0.717, 1.165) is 31.3 Å². The second-order valence-electron chi connectivity index (χ2n) is 5.73. The normalized spacial score (nSPS) is 14.8. The molecule has 20 heavy (non-hydrogen) atoms. The lowest BCUT2D eigenvalue weighted by Crippen LogP contribution is -2.31. The third-order valence-electron chi connectivity index (χ3n) is 3.55. The van der Waals surface area contributed by atoms with E-state index < -0.39 is 0 Å². The highest BCUT2D eigenvalue weighted by Gasteiger charge is 2.30. The summed E-state index contributed by atoms with van der Waals surface area (Å²) < 4.78 is 5.18. The van der Waals surface area contributed by atoms with Crippen LogP contribution in [0.4, 0.5) is 5.95 Å². The van der Waals surface area contributed by atoms with Gasteiger partial charge in [0.05, 0.1) is 6.61 Å². The number of anilines is 1. The van der Waals surface area contributed by atoms with Crippen molar-refractivity contribution in [2.24, 2.45) is 0 Å². The average molecular weight is 278 g/mol. The summed E-state index contributed by atoms with van der Waals surface area (Å²) in [5, 5.41) is 3.41. The Kier molecular flexibility index (Phi) is 5.31. The largest absolute Gasteiger partial charge is 0.383 e. The van der Waals surface area contributed by atoms with Gasteiger partial charge in [-0.2, -0.15) is 0 Å². The summed E-state index contributed by atoms with van der Waals surface area (Å²) in [5.41, 5.74) is 2.23. The van der Waals surface area contributed by atoms with Gasteiger partial charge < -0.3 is 15.0 Å². The zero-order chi connectivity index (χ0) is 14.5. The van der Waals surface area contributed by atoms with Crippen LogP contribution in [0.3, 0.4) is 0 Å². The smallest absolute Gasteiger partial charge is 0.225 e. The van der Waals surface area contributed by atoms with Gasteiger partial charge in [0.25, 0.3) is 0 Å². The van der Waals surface area contributed by atoms with E-state index in [1.165, 1.54) is 18.4 Å². The summed E-state index contributed by atoms with van der Waals surface area (Å²) in [4.78, 5) is 11.5. The highest BCUT2D eigenvalue weighted by Crippen LogP contribution is 2.29. The average Bonchev–Trinajstić information content (AvgIpc) is 3.22. The minimum atomic E-state index is 0.471. The first-order valence-electron chi connectivity index (χ1n) is 7.43. The number of rotatable bonds is 8. The molecule has 0 radical (unpaired) electrons. The molecule has 2 rings (SSSR count). The number of methoxy groups -OCH3 is 1. The van der Waals surface area contributed by atoms with Gasteiger partial charge in [0.2, 0.25) is 5.95 Å². The van der Waals surface area contributed by atoms with Crippen molar-refractivity contribution in [2.45, 2.75) is 52.2 Å². The maximum absolute atomic E-state index is 5.18. The van der Waals surface area contributed by atoms with Gasteiger partial charge in [0, 0.05) is 49.7 Å². The molecule has 1 heterocycles. The lowest BCUT2D eigenvalue weighted by Gasteiger charge is -2.22. The molecule has 0 bridgehead atoms. The number of hydrogen-bond acceptors (Lipinski definition) is 5. The minimum absolute atomic E-state index is 0.471. The van der Waals surface area contributed by atoms with Gasteiger partial charge in [0.15, 0.2) is 0 Å². The zero-order valence-electron chi connectivity index (χ0n) is 13.0. The number of nitrogens with zero attached hydrogens (tertiary/aromatic N) is 3. The van der Waals surface area contributed by atoms with E-state index in [2.05, 4.69) is 41.0 Å². The molecule has 1 N–H and O–H groups in total. The molecule has 1 aliphatic carbocycles. The lowest BCUT2D eigenvalue weighted by atomic mass is 10.2. The van der Waals surface area contributed by atoms with Crippen LogP contribution in [0.5, 0.6) is 0 Å². The molecule has 0 aromatic carbocycles. The van der Waals surface area contributed by atoms with Crippen LogP contribution in [0.2, 0.25) is 0 Å². The highest BCUT2D eigenvalue weighted by molar-refractivity contribution is 5.36. The summed E-state index contributed by atoms with van der Waals surface area (Å²) in [6.07, 6.45) is 4.43. The maximum Gasteiger partial charge on any atom is 0.225 e. The van der Waals surface area contributed by atoms with Crippen molar-refractivity contribution in [1.82, 2.24) is 15.3 Å². The second-order valence-corrected chi connectivity index (χ2v) is 5.73. The molecule has 0 unspecified atom stereocenters. The SMILES string of the molecule is COCCN(c1ncc(CNC(C)C)c(C)n1)C1CC1. The first-order chi connectivity index (χ1) is 9.61. The standard InChI is InChI=1S/C15H26N4O/c1-11(2)16-9-13-10-17-15(18-12(13)3)19(7-8-20-4)14-5-6-14/h10-11,14,16H,5-9H2,1-4H3. The van der Waals surface area contributed by atoms with Gasteiger partial charge in [-0.3, -0.25) is 0 Å². The molecule has 0 spiro atoms. The Morgan fingerprint density at radius 3 is 2.75 bits per heavy atom.